The normalized spacial score (nSPS) is 22.4. The Kier molecular flexibility index (Phi) is 4.97. The summed E-state index contributed by atoms with van der Waals surface area (Å²) in [7, 11) is 0. The molecular formula is C16H25NO2. The summed E-state index contributed by atoms with van der Waals surface area (Å²) in [4.78, 5) is 0. The first-order valence-electron chi connectivity index (χ1n) is 7.18. The number of aliphatic hydroxyl groups excluding tert-OH is 1. The van der Waals surface area contributed by atoms with Crippen molar-refractivity contribution in [3.63, 3.8) is 0 Å². The van der Waals surface area contributed by atoms with Gasteiger partial charge in [0, 0.05) is 19.2 Å². The highest BCUT2D eigenvalue weighted by atomic mass is 16.5. The quantitative estimate of drug-likeness (QED) is 0.857. The maximum absolute atomic E-state index is 10.4. The molecular weight excluding hydrogens is 238 g/mol. The van der Waals surface area contributed by atoms with E-state index in [2.05, 4.69) is 31.3 Å². The van der Waals surface area contributed by atoms with Crippen molar-refractivity contribution in [2.24, 2.45) is 0 Å². The second-order valence-corrected chi connectivity index (χ2v) is 5.62. The van der Waals surface area contributed by atoms with Crippen molar-refractivity contribution in [1.29, 1.82) is 0 Å². The number of aliphatic hydroxyl groups is 1. The predicted molar refractivity (Wildman–Crippen MR) is 77.3 cm³/mol. The van der Waals surface area contributed by atoms with Gasteiger partial charge in [-0.25, -0.2) is 0 Å². The predicted octanol–water partition coefficient (Wildman–Crippen LogP) is 2.49. The highest BCUT2D eigenvalue weighted by Crippen LogP contribution is 2.20. The van der Waals surface area contributed by atoms with Gasteiger partial charge in [0.2, 0.25) is 0 Å². The molecule has 1 aliphatic rings. The third-order valence-corrected chi connectivity index (χ3v) is 4.04. The summed E-state index contributed by atoms with van der Waals surface area (Å²) >= 11 is 0. The maximum atomic E-state index is 10.4. The molecule has 3 heteroatoms. The molecule has 1 aliphatic heterocycles. The summed E-state index contributed by atoms with van der Waals surface area (Å²) in [5, 5.41) is 13.8. The van der Waals surface area contributed by atoms with Crippen LogP contribution in [-0.2, 0) is 4.74 Å². The lowest BCUT2D eigenvalue weighted by molar-refractivity contribution is 0.0910. The van der Waals surface area contributed by atoms with Gasteiger partial charge >= 0.3 is 0 Å². The summed E-state index contributed by atoms with van der Waals surface area (Å²) < 4.78 is 5.58. The van der Waals surface area contributed by atoms with Crippen LogP contribution in [0.15, 0.2) is 18.2 Å². The van der Waals surface area contributed by atoms with Crippen LogP contribution in [-0.4, -0.2) is 30.4 Å². The molecule has 2 rings (SSSR count). The second kappa shape index (κ2) is 6.51. The van der Waals surface area contributed by atoms with E-state index < -0.39 is 6.10 Å². The van der Waals surface area contributed by atoms with E-state index in [1.165, 1.54) is 11.1 Å². The molecule has 0 aliphatic carbocycles. The van der Waals surface area contributed by atoms with E-state index in [1.54, 1.807) is 0 Å². The largest absolute Gasteiger partial charge is 0.387 e. The minimum atomic E-state index is -0.472. The van der Waals surface area contributed by atoms with Crippen LogP contribution in [0.3, 0.4) is 0 Å². The summed E-state index contributed by atoms with van der Waals surface area (Å²) in [6, 6.07) is 6.19. The lowest BCUT2D eigenvalue weighted by Gasteiger charge is -2.23. The fourth-order valence-corrected chi connectivity index (χ4v) is 2.47. The number of ether oxygens (including phenoxy) is 1. The monoisotopic (exact) mass is 263 g/mol. The number of hydrogen-bond acceptors (Lipinski definition) is 3. The van der Waals surface area contributed by atoms with Crippen LogP contribution >= 0.6 is 0 Å². The van der Waals surface area contributed by atoms with Gasteiger partial charge in [-0.2, -0.15) is 0 Å². The van der Waals surface area contributed by atoms with E-state index in [9.17, 15) is 5.11 Å². The molecule has 3 atom stereocenters. The van der Waals surface area contributed by atoms with Crippen LogP contribution in [0.4, 0.5) is 0 Å². The third kappa shape index (κ3) is 3.78. The summed E-state index contributed by atoms with van der Waals surface area (Å²) in [6.07, 6.45) is 2.12. The van der Waals surface area contributed by atoms with Crippen molar-refractivity contribution in [2.45, 2.75) is 51.9 Å². The number of hydrogen-bond donors (Lipinski definition) is 2. The van der Waals surface area contributed by atoms with Gasteiger partial charge in [-0.1, -0.05) is 18.2 Å². The Balaban J connectivity index is 1.89. The summed E-state index contributed by atoms with van der Waals surface area (Å²) in [5.74, 6) is 0. The SMILES string of the molecule is Cc1ccc(C(O)C(C)NCC2CCCO2)cc1C. The molecule has 1 aromatic carbocycles. The molecule has 106 valence electrons. The molecule has 1 aromatic rings. The van der Waals surface area contributed by atoms with Crippen molar-refractivity contribution in [3.05, 3.63) is 34.9 Å². The van der Waals surface area contributed by atoms with Crippen LogP contribution in [0.25, 0.3) is 0 Å². The molecule has 0 aromatic heterocycles. The highest BCUT2D eigenvalue weighted by Gasteiger charge is 2.20. The van der Waals surface area contributed by atoms with Gasteiger partial charge in [-0.05, 0) is 50.3 Å². The van der Waals surface area contributed by atoms with Crippen LogP contribution in [0.2, 0.25) is 0 Å². The molecule has 1 heterocycles. The molecule has 0 amide bonds. The van der Waals surface area contributed by atoms with Gasteiger partial charge in [-0.15, -0.1) is 0 Å². The second-order valence-electron chi connectivity index (χ2n) is 5.62. The minimum absolute atomic E-state index is 0.0336. The first kappa shape index (κ1) is 14.5. The van der Waals surface area contributed by atoms with E-state index in [0.29, 0.717) is 6.10 Å². The average molecular weight is 263 g/mol. The number of nitrogens with one attached hydrogen (secondary N) is 1. The van der Waals surface area contributed by atoms with E-state index in [0.717, 1.165) is 31.6 Å². The standard InChI is InChI=1S/C16H25NO2/c1-11-6-7-14(9-12(11)2)16(18)13(3)17-10-15-5-4-8-19-15/h6-7,9,13,15-18H,4-5,8,10H2,1-3H3. The summed E-state index contributed by atoms with van der Waals surface area (Å²) in [5.41, 5.74) is 3.47. The molecule has 3 unspecified atom stereocenters. The average Bonchev–Trinajstić information content (AvgIpc) is 2.91. The molecule has 0 spiro atoms. The maximum Gasteiger partial charge on any atom is 0.0940 e. The third-order valence-electron chi connectivity index (χ3n) is 4.04. The molecule has 1 saturated heterocycles. The van der Waals surface area contributed by atoms with E-state index in [1.807, 2.05) is 13.0 Å². The number of benzene rings is 1. The fraction of sp³-hybridized carbons (Fsp3) is 0.625. The molecule has 0 radical (unpaired) electrons. The lowest BCUT2D eigenvalue weighted by Crippen LogP contribution is -2.37. The van der Waals surface area contributed by atoms with Gasteiger partial charge in [0.25, 0.3) is 0 Å². The highest BCUT2D eigenvalue weighted by molar-refractivity contribution is 5.31. The Labute approximate surface area is 116 Å². The number of rotatable bonds is 5. The topological polar surface area (TPSA) is 41.5 Å². The first-order valence-corrected chi connectivity index (χ1v) is 7.18. The van der Waals surface area contributed by atoms with E-state index >= 15 is 0 Å². The van der Waals surface area contributed by atoms with E-state index in [-0.39, 0.29) is 6.04 Å². The Hall–Kier alpha value is -0.900. The molecule has 3 nitrogen and oxygen atoms in total. The minimum Gasteiger partial charge on any atom is -0.387 e. The van der Waals surface area contributed by atoms with Crippen molar-refractivity contribution >= 4 is 0 Å². The number of aryl methyl sites for hydroxylation is 2. The molecule has 0 saturated carbocycles. The first-order chi connectivity index (χ1) is 9.08. The lowest BCUT2D eigenvalue weighted by atomic mass is 9.99. The van der Waals surface area contributed by atoms with Crippen LogP contribution < -0.4 is 5.32 Å². The van der Waals surface area contributed by atoms with Crippen molar-refractivity contribution in [1.82, 2.24) is 5.32 Å². The Morgan fingerprint density at radius 3 is 2.79 bits per heavy atom. The van der Waals surface area contributed by atoms with Crippen molar-refractivity contribution in [3.8, 4) is 0 Å². The van der Waals surface area contributed by atoms with Crippen LogP contribution in [0.1, 0.15) is 42.6 Å². The summed E-state index contributed by atoms with van der Waals surface area (Å²) in [6.45, 7) is 7.89. The Bertz CT molecular complexity index is 413. The van der Waals surface area contributed by atoms with Crippen molar-refractivity contribution in [2.75, 3.05) is 13.2 Å². The van der Waals surface area contributed by atoms with Gasteiger partial charge in [0.05, 0.1) is 12.2 Å². The Morgan fingerprint density at radius 2 is 2.16 bits per heavy atom. The molecule has 0 bridgehead atoms. The zero-order chi connectivity index (χ0) is 13.8. The smallest absolute Gasteiger partial charge is 0.0940 e. The van der Waals surface area contributed by atoms with Gasteiger partial charge in [0.15, 0.2) is 0 Å². The van der Waals surface area contributed by atoms with Gasteiger partial charge < -0.3 is 15.2 Å². The Morgan fingerprint density at radius 1 is 1.37 bits per heavy atom. The van der Waals surface area contributed by atoms with Crippen molar-refractivity contribution < 1.29 is 9.84 Å². The van der Waals surface area contributed by atoms with Gasteiger partial charge in [-0.3, -0.25) is 0 Å². The fourth-order valence-electron chi connectivity index (χ4n) is 2.47. The van der Waals surface area contributed by atoms with Crippen LogP contribution in [0.5, 0.6) is 0 Å². The molecule has 1 fully saturated rings. The zero-order valence-corrected chi connectivity index (χ0v) is 12.1. The van der Waals surface area contributed by atoms with Crippen LogP contribution in [0, 0.1) is 13.8 Å². The molecule has 19 heavy (non-hydrogen) atoms. The van der Waals surface area contributed by atoms with E-state index in [4.69, 9.17) is 4.74 Å². The molecule has 2 N–H and O–H groups in total. The zero-order valence-electron chi connectivity index (χ0n) is 12.1. The van der Waals surface area contributed by atoms with Gasteiger partial charge in [0.1, 0.15) is 0 Å².